The summed E-state index contributed by atoms with van der Waals surface area (Å²) in [4.78, 5) is 24.8. The third kappa shape index (κ3) is 3.98. The maximum atomic E-state index is 13.7. The minimum Gasteiger partial charge on any atom is -0.361 e. The Kier molecular flexibility index (Phi) is 5.15. The molecule has 1 fully saturated rings. The zero-order valence-corrected chi connectivity index (χ0v) is 14.6. The van der Waals surface area contributed by atoms with E-state index in [1.54, 1.807) is 19.0 Å². The van der Waals surface area contributed by atoms with E-state index in [1.165, 1.54) is 6.20 Å². The lowest BCUT2D eigenvalue weighted by atomic mass is 10.3. The summed E-state index contributed by atoms with van der Waals surface area (Å²) in [7, 11) is 3.61. The van der Waals surface area contributed by atoms with Gasteiger partial charge in [0.05, 0.1) is 11.9 Å². The summed E-state index contributed by atoms with van der Waals surface area (Å²) in [5.74, 6) is -0.416. The smallest absolute Gasteiger partial charge is 0.323 e. The molecule has 0 bridgehead atoms. The average molecular weight is 362 g/mol. The van der Waals surface area contributed by atoms with Crippen LogP contribution in [0, 0.1) is 11.6 Å². The second kappa shape index (κ2) is 7.51. The first-order valence-electron chi connectivity index (χ1n) is 8.26. The standard InChI is InChI=1S/C17H20F2N6O/c1-24(2)15-14(10-20-16(23-15)25-7-3-4-8-25)22-17(26)21-13-6-5-11(18)9-12(13)19/h5-6,9-10H,3-4,7-8H2,1-2H3,(H2,21,22,26). The van der Waals surface area contributed by atoms with E-state index in [-0.39, 0.29) is 5.69 Å². The van der Waals surface area contributed by atoms with E-state index in [0.717, 1.165) is 38.1 Å². The van der Waals surface area contributed by atoms with E-state index in [2.05, 4.69) is 25.5 Å². The van der Waals surface area contributed by atoms with Crippen LogP contribution in [0.1, 0.15) is 12.8 Å². The zero-order valence-electron chi connectivity index (χ0n) is 14.6. The average Bonchev–Trinajstić information content (AvgIpc) is 3.12. The second-order valence-electron chi connectivity index (χ2n) is 6.20. The predicted octanol–water partition coefficient (Wildman–Crippen LogP) is 3.07. The van der Waals surface area contributed by atoms with Gasteiger partial charge >= 0.3 is 6.03 Å². The highest BCUT2D eigenvalue weighted by Gasteiger charge is 2.19. The van der Waals surface area contributed by atoms with Gasteiger partial charge in [-0.1, -0.05) is 0 Å². The molecule has 0 atom stereocenters. The van der Waals surface area contributed by atoms with Crippen LogP contribution in [-0.4, -0.2) is 43.2 Å². The number of nitrogens with one attached hydrogen (secondary N) is 2. The Labute approximate surface area is 150 Å². The lowest BCUT2D eigenvalue weighted by Gasteiger charge is -2.21. The summed E-state index contributed by atoms with van der Waals surface area (Å²) in [5, 5.41) is 4.95. The topological polar surface area (TPSA) is 73.4 Å². The Bertz CT molecular complexity index is 808. The van der Waals surface area contributed by atoms with Crippen LogP contribution in [0.15, 0.2) is 24.4 Å². The van der Waals surface area contributed by atoms with Gasteiger partial charge in [0.25, 0.3) is 0 Å². The van der Waals surface area contributed by atoms with E-state index >= 15 is 0 Å². The molecule has 3 rings (SSSR count). The summed E-state index contributed by atoms with van der Waals surface area (Å²) >= 11 is 0. The van der Waals surface area contributed by atoms with Crippen LogP contribution in [-0.2, 0) is 0 Å². The highest BCUT2D eigenvalue weighted by Crippen LogP contribution is 2.25. The highest BCUT2D eigenvalue weighted by atomic mass is 19.1. The van der Waals surface area contributed by atoms with Gasteiger partial charge in [-0.3, -0.25) is 0 Å². The van der Waals surface area contributed by atoms with Crippen molar-refractivity contribution in [2.45, 2.75) is 12.8 Å². The molecule has 1 aliphatic rings. The summed E-state index contributed by atoms with van der Waals surface area (Å²) in [6.07, 6.45) is 3.73. The maximum absolute atomic E-state index is 13.7. The first-order valence-corrected chi connectivity index (χ1v) is 8.26. The van der Waals surface area contributed by atoms with Crippen LogP contribution in [0.5, 0.6) is 0 Å². The minimum absolute atomic E-state index is 0.120. The SMILES string of the molecule is CN(C)c1nc(N2CCCC2)ncc1NC(=O)Nc1ccc(F)cc1F. The molecule has 0 spiro atoms. The van der Waals surface area contributed by atoms with Gasteiger partial charge in [0.2, 0.25) is 5.95 Å². The predicted molar refractivity (Wildman–Crippen MR) is 96.8 cm³/mol. The van der Waals surface area contributed by atoms with Crippen molar-refractivity contribution in [2.24, 2.45) is 0 Å². The molecular weight excluding hydrogens is 342 g/mol. The first kappa shape index (κ1) is 17.8. The summed E-state index contributed by atoms with van der Waals surface area (Å²) in [6.45, 7) is 1.81. The van der Waals surface area contributed by atoms with Gasteiger partial charge < -0.3 is 20.4 Å². The lowest BCUT2D eigenvalue weighted by molar-refractivity contribution is 0.262. The molecule has 2 N–H and O–H groups in total. The largest absolute Gasteiger partial charge is 0.361 e. The number of hydrogen-bond acceptors (Lipinski definition) is 5. The molecule has 0 radical (unpaired) electrons. The van der Waals surface area contributed by atoms with Crippen molar-refractivity contribution in [1.82, 2.24) is 9.97 Å². The van der Waals surface area contributed by atoms with Gasteiger partial charge in [-0.05, 0) is 25.0 Å². The summed E-state index contributed by atoms with van der Waals surface area (Å²) in [6, 6.07) is 2.26. The molecule has 9 heteroatoms. The normalized spacial score (nSPS) is 13.6. The van der Waals surface area contributed by atoms with E-state index in [0.29, 0.717) is 23.5 Å². The molecule has 0 unspecified atom stereocenters. The number of anilines is 4. The van der Waals surface area contributed by atoms with Crippen molar-refractivity contribution >= 4 is 29.2 Å². The third-order valence-corrected chi connectivity index (χ3v) is 4.00. The third-order valence-electron chi connectivity index (χ3n) is 4.00. The van der Waals surface area contributed by atoms with Gasteiger partial charge in [0.1, 0.15) is 17.3 Å². The minimum atomic E-state index is -0.853. The number of amides is 2. The van der Waals surface area contributed by atoms with Gasteiger partial charge in [0.15, 0.2) is 5.82 Å². The number of hydrogen-bond donors (Lipinski definition) is 2. The number of benzene rings is 1. The Hall–Kier alpha value is -2.97. The Balaban J connectivity index is 1.76. The number of nitrogens with zero attached hydrogens (tertiary/aromatic N) is 4. The van der Waals surface area contributed by atoms with Gasteiger partial charge in [-0.25, -0.2) is 18.6 Å². The van der Waals surface area contributed by atoms with Crippen molar-refractivity contribution in [3.05, 3.63) is 36.0 Å². The van der Waals surface area contributed by atoms with Crippen LogP contribution < -0.4 is 20.4 Å². The molecule has 138 valence electrons. The fraction of sp³-hybridized carbons (Fsp3) is 0.353. The van der Waals surface area contributed by atoms with E-state index in [1.807, 2.05) is 0 Å². The number of carbonyl (C=O) groups is 1. The number of aromatic nitrogens is 2. The van der Waals surface area contributed by atoms with Crippen molar-refractivity contribution in [1.29, 1.82) is 0 Å². The second-order valence-corrected chi connectivity index (χ2v) is 6.20. The summed E-state index contributed by atoms with van der Waals surface area (Å²) < 4.78 is 26.6. The monoisotopic (exact) mass is 362 g/mol. The van der Waals surface area contributed by atoms with Gasteiger partial charge in [-0.2, -0.15) is 4.98 Å². The number of carbonyl (C=O) groups excluding carboxylic acids is 1. The molecule has 2 amide bonds. The Morgan fingerprint density at radius 1 is 1.15 bits per heavy atom. The van der Waals surface area contributed by atoms with Crippen LogP contribution in [0.4, 0.5) is 36.7 Å². The van der Waals surface area contributed by atoms with Crippen LogP contribution >= 0.6 is 0 Å². The van der Waals surface area contributed by atoms with Crippen molar-refractivity contribution in [2.75, 3.05) is 47.6 Å². The molecule has 2 heterocycles. The first-order chi connectivity index (χ1) is 12.4. The number of rotatable bonds is 4. The molecule has 26 heavy (non-hydrogen) atoms. The highest BCUT2D eigenvalue weighted by molar-refractivity contribution is 6.01. The van der Waals surface area contributed by atoms with Crippen LogP contribution in [0.3, 0.4) is 0 Å². The molecule has 7 nitrogen and oxygen atoms in total. The van der Waals surface area contributed by atoms with Crippen molar-refractivity contribution in [3.8, 4) is 0 Å². The van der Waals surface area contributed by atoms with Crippen molar-refractivity contribution < 1.29 is 13.6 Å². The van der Waals surface area contributed by atoms with Crippen LogP contribution in [0.25, 0.3) is 0 Å². The summed E-state index contributed by atoms with van der Waals surface area (Å²) in [5.41, 5.74) is 0.267. The molecule has 0 saturated carbocycles. The fourth-order valence-electron chi connectivity index (χ4n) is 2.73. The molecular formula is C17H20F2N6O. The number of urea groups is 1. The molecule has 1 aliphatic heterocycles. The van der Waals surface area contributed by atoms with E-state index in [4.69, 9.17) is 0 Å². The molecule has 1 saturated heterocycles. The van der Waals surface area contributed by atoms with E-state index in [9.17, 15) is 13.6 Å². The Morgan fingerprint density at radius 3 is 2.50 bits per heavy atom. The van der Waals surface area contributed by atoms with Crippen molar-refractivity contribution in [3.63, 3.8) is 0 Å². The van der Waals surface area contributed by atoms with Gasteiger partial charge in [0, 0.05) is 33.3 Å². The number of halogens is 2. The molecule has 1 aromatic heterocycles. The fourth-order valence-corrected chi connectivity index (χ4v) is 2.73. The van der Waals surface area contributed by atoms with E-state index < -0.39 is 17.7 Å². The quantitative estimate of drug-likeness (QED) is 0.875. The molecule has 1 aromatic carbocycles. The lowest BCUT2D eigenvalue weighted by Crippen LogP contribution is -2.25. The zero-order chi connectivity index (χ0) is 18.7. The maximum Gasteiger partial charge on any atom is 0.323 e. The van der Waals surface area contributed by atoms with Crippen LogP contribution in [0.2, 0.25) is 0 Å². The van der Waals surface area contributed by atoms with Gasteiger partial charge in [-0.15, -0.1) is 0 Å². The Morgan fingerprint density at radius 2 is 1.85 bits per heavy atom. The molecule has 0 aliphatic carbocycles. The molecule has 2 aromatic rings.